The summed E-state index contributed by atoms with van der Waals surface area (Å²) in [7, 11) is 1.87. The molecule has 0 saturated heterocycles. The number of nitrogens with two attached hydrogens (primary N) is 1. The van der Waals surface area contributed by atoms with Gasteiger partial charge in [0.05, 0.1) is 11.0 Å². The molecule has 1 atom stereocenters. The molecule has 0 saturated carbocycles. The average Bonchev–Trinajstić information content (AvgIpc) is 2.44. The van der Waals surface area contributed by atoms with Crippen LogP contribution in [0.25, 0.3) is 11.0 Å². The molecular formula is C10H13N3O. The van der Waals surface area contributed by atoms with Gasteiger partial charge in [-0.25, -0.2) is 4.98 Å². The number of nitrogen functional groups attached to an aromatic ring is 1. The second-order valence-corrected chi connectivity index (χ2v) is 3.45. The topological polar surface area (TPSA) is 64.1 Å². The van der Waals surface area contributed by atoms with Crippen molar-refractivity contribution < 1.29 is 5.11 Å². The predicted molar refractivity (Wildman–Crippen MR) is 55.8 cm³/mol. The Kier molecular flexibility index (Phi) is 1.93. The van der Waals surface area contributed by atoms with E-state index in [0.717, 1.165) is 11.0 Å². The number of hydrogen-bond acceptors (Lipinski definition) is 3. The molecule has 0 amide bonds. The molecule has 0 radical (unpaired) electrons. The number of aliphatic hydroxyl groups is 1. The Labute approximate surface area is 82.0 Å². The Morgan fingerprint density at radius 2 is 2.21 bits per heavy atom. The molecule has 3 N–H and O–H groups in total. The second-order valence-electron chi connectivity index (χ2n) is 3.45. The Hall–Kier alpha value is -1.55. The normalized spacial score (nSPS) is 13.4. The van der Waals surface area contributed by atoms with Crippen molar-refractivity contribution in [2.45, 2.75) is 13.0 Å². The van der Waals surface area contributed by atoms with Gasteiger partial charge in [0.1, 0.15) is 11.9 Å². The lowest BCUT2D eigenvalue weighted by atomic mass is 10.3. The summed E-state index contributed by atoms with van der Waals surface area (Å²) in [5, 5.41) is 9.46. The maximum absolute atomic E-state index is 9.46. The number of rotatable bonds is 1. The van der Waals surface area contributed by atoms with Crippen LogP contribution in [-0.4, -0.2) is 14.7 Å². The zero-order chi connectivity index (χ0) is 10.3. The molecule has 0 aliphatic rings. The second kappa shape index (κ2) is 2.99. The summed E-state index contributed by atoms with van der Waals surface area (Å²) in [5.74, 6) is 0.658. The fourth-order valence-electron chi connectivity index (χ4n) is 1.60. The zero-order valence-corrected chi connectivity index (χ0v) is 8.23. The van der Waals surface area contributed by atoms with E-state index in [-0.39, 0.29) is 0 Å². The van der Waals surface area contributed by atoms with E-state index in [0.29, 0.717) is 11.5 Å². The Morgan fingerprint density at radius 3 is 2.86 bits per heavy atom. The van der Waals surface area contributed by atoms with Gasteiger partial charge in [0, 0.05) is 12.7 Å². The standard InChI is InChI=1S/C10H13N3O/c1-6(14)10-12-8-4-3-7(11)5-9(8)13(10)2/h3-6,14H,11H2,1-2H3. The molecule has 2 aromatic rings. The highest BCUT2D eigenvalue weighted by molar-refractivity contribution is 5.79. The fourth-order valence-corrected chi connectivity index (χ4v) is 1.60. The van der Waals surface area contributed by atoms with Gasteiger partial charge in [-0.3, -0.25) is 0 Å². The molecular weight excluding hydrogens is 178 g/mol. The van der Waals surface area contributed by atoms with Crippen LogP contribution >= 0.6 is 0 Å². The monoisotopic (exact) mass is 191 g/mol. The molecule has 0 aliphatic heterocycles. The van der Waals surface area contributed by atoms with Crippen molar-refractivity contribution in [1.29, 1.82) is 0 Å². The minimum absolute atomic E-state index is 0.561. The summed E-state index contributed by atoms with van der Waals surface area (Å²) in [4.78, 5) is 4.31. The van der Waals surface area contributed by atoms with Crippen LogP contribution in [-0.2, 0) is 7.05 Å². The average molecular weight is 191 g/mol. The first-order chi connectivity index (χ1) is 6.59. The van der Waals surface area contributed by atoms with Crippen LogP contribution in [0.2, 0.25) is 0 Å². The lowest BCUT2D eigenvalue weighted by Crippen LogP contribution is -2.01. The SMILES string of the molecule is CC(O)c1nc2ccc(N)cc2n1C. The van der Waals surface area contributed by atoms with E-state index < -0.39 is 6.10 Å². The lowest BCUT2D eigenvalue weighted by Gasteiger charge is -2.03. The van der Waals surface area contributed by atoms with Gasteiger partial charge in [0.25, 0.3) is 0 Å². The van der Waals surface area contributed by atoms with Gasteiger partial charge < -0.3 is 15.4 Å². The van der Waals surface area contributed by atoms with Crippen LogP contribution in [0, 0.1) is 0 Å². The third-order valence-electron chi connectivity index (χ3n) is 2.31. The molecule has 0 aliphatic carbocycles. The van der Waals surface area contributed by atoms with Crippen molar-refractivity contribution in [2.24, 2.45) is 7.05 Å². The summed E-state index contributed by atoms with van der Waals surface area (Å²) in [5.41, 5.74) is 8.18. The molecule has 4 nitrogen and oxygen atoms in total. The van der Waals surface area contributed by atoms with Crippen LogP contribution in [0.3, 0.4) is 0 Å². The highest BCUT2D eigenvalue weighted by atomic mass is 16.3. The summed E-state index contributed by atoms with van der Waals surface area (Å²) in [6.07, 6.45) is -0.561. The van der Waals surface area contributed by atoms with E-state index in [9.17, 15) is 5.11 Å². The number of aliphatic hydroxyl groups excluding tert-OH is 1. The smallest absolute Gasteiger partial charge is 0.138 e. The Balaban J connectivity index is 2.74. The van der Waals surface area contributed by atoms with Crippen LogP contribution in [0.1, 0.15) is 18.9 Å². The minimum atomic E-state index is -0.561. The Morgan fingerprint density at radius 1 is 1.50 bits per heavy atom. The number of fused-ring (bicyclic) bond motifs is 1. The maximum Gasteiger partial charge on any atom is 0.138 e. The zero-order valence-electron chi connectivity index (χ0n) is 8.23. The van der Waals surface area contributed by atoms with Gasteiger partial charge in [0.15, 0.2) is 0 Å². The molecule has 1 aromatic heterocycles. The third kappa shape index (κ3) is 1.24. The summed E-state index contributed by atoms with van der Waals surface area (Å²) in [6.45, 7) is 1.70. The summed E-state index contributed by atoms with van der Waals surface area (Å²) >= 11 is 0. The Bertz CT molecular complexity index is 473. The van der Waals surface area contributed by atoms with Crippen molar-refractivity contribution >= 4 is 16.7 Å². The first-order valence-electron chi connectivity index (χ1n) is 4.49. The largest absolute Gasteiger partial charge is 0.399 e. The van der Waals surface area contributed by atoms with Crippen LogP contribution < -0.4 is 5.73 Å². The fraction of sp³-hybridized carbons (Fsp3) is 0.300. The minimum Gasteiger partial charge on any atom is -0.399 e. The quantitative estimate of drug-likeness (QED) is 0.666. The number of aryl methyl sites for hydroxylation is 1. The van der Waals surface area contributed by atoms with Gasteiger partial charge in [-0.2, -0.15) is 0 Å². The number of benzene rings is 1. The number of imidazole rings is 1. The van der Waals surface area contributed by atoms with E-state index in [1.54, 1.807) is 13.0 Å². The summed E-state index contributed by atoms with van der Waals surface area (Å²) < 4.78 is 1.86. The molecule has 14 heavy (non-hydrogen) atoms. The van der Waals surface area contributed by atoms with Gasteiger partial charge >= 0.3 is 0 Å². The molecule has 1 aromatic carbocycles. The molecule has 0 fully saturated rings. The van der Waals surface area contributed by atoms with E-state index in [1.807, 2.05) is 23.7 Å². The van der Waals surface area contributed by atoms with Crippen LogP contribution in [0.4, 0.5) is 5.69 Å². The van der Waals surface area contributed by atoms with Gasteiger partial charge in [-0.05, 0) is 25.1 Å². The molecule has 74 valence electrons. The van der Waals surface area contributed by atoms with E-state index in [1.165, 1.54) is 0 Å². The third-order valence-corrected chi connectivity index (χ3v) is 2.31. The van der Waals surface area contributed by atoms with Crippen molar-refractivity contribution in [3.8, 4) is 0 Å². The molecule has 0 spiro atoms. The predicted octanol–water partition coefficient (Wildman–Crippen LogP) is 1.21. The highest BCUT2D eigenvalue weighted by Gasteiger charge is 2.11. The van der Waals surface area contributed by atoms with Crippen molar-refractivity contribution in [3.05, 3.63) is 24.0 Å². The molecule has 4 heteroatoms. The number of nitrogens with zero attached hydrogens (tertiary/aromatic N) is 2. The van der Waals surface area contributed by atoms with Gasteiger partial charge in [-0.15, -0.1) is 0 Å². The molecule has 1 unspecified atom stereocenters. The van der Waals surface area contributed by atoms with E-state index in [2.05, 4.69) is 4.98 Å². The van der Waals surface area contributed by atoms with E-state index >= 15 is 0 Å². The highest BCUT2D eigenvalue weighted by Crippen LogP contribution is 2.21. The summed E-state index contributed by atoms with van der Waals surface area (Å²) in [6, 6.07) is 5.52. The van der Waals surface area contributed by atoms with E-state index in [4.69, 9.17) is 5.73 Å². The molecule has 0 bridgehead atoms. The lowest BCUT2D eigenvalue weighted by molar-refractivity contribution is 0.186. The molecule has 1 heterocycles. The van der Waals surface area contributed by atoms with Crippen molar-refractivity contribution in [3.63, 3.8) is 0 Å². The molecule has 2 rings (SSSR count). The van der Waals surface area contributed by atoms with Crippen LogP contribution in [0.5, 0.6) is 0 Å². The number of hydrogen-bond donors (Lipinski definition) is 2. The number of anilines is 1. The van der Waals surface area contributed by atoms with Gasteiger partial charge in [0.2, 0.25) is 0 Å². The van der Waals surface area contributed by atoms with Crippen molar-refractivity contribution in [2.75, 3.05) is 5.73 Å². The number of aromatic nitrogens is 2. The first-order valence-corrected chi connectivity index (χ1v) is 4.49. The maximum atomic E-state index is 9.46. The van der Waals surface area contributed by atoms with Crippen molar-refractivity contribution in [1.82, 2.24) is 9.55 Å². The van der Waals surface area contributed by atoms with Gasteiger partial charge in [-0.1, -0.05) is 0 Å². The van der Waals surface area contributed by atoms with Crippen LogP contribution in [0.15, 0.2) is 18.2 Å². The first kappa shape index (κ1) is 9.02.